The Hall–Kier alpha value is -2.28. The zero-order valence-corrected chi connectivity index (χ0v) is 16.8. The van der Waals surface area contributed by atoms with Crippen molar-refractivity contribution in [2.24, 2.45) is 13.0 Å². The number of carbonyl (C=O) groups excluding carboxylic acids is 1. The molecule has 0 aliphatic carbocycles. The molecule has 1 aliphatic heterocycles. The maximum atomic E-state index is 12.4. The van der Waals surface area contributed by atoms with Gasteiger partial charge in [0.05, 0.1) is 10.7 Å². The normalized spacial score (nSPS) is 16.8. The second-order valence-corrected chi connectivity index (χ2v) is 7.82. The monoisotopic (exact) mass is 390 g/mol. The third-order valence-corrected chi connectivity index (χ3v) is 5.01. The number of aromatic nitrogens is 3. The Morgan fingerprint density at radius 3 is 3.00 bits per heavy atom. The lowest BCUT2D eigenvalue weighted by Gasteiger charge is -2.19. The van der Waals surface area contributed by atoms with Crippen LogP contribution in [-0.2, 0) is 13.5 Å². The van der Waals surface area contributed by atoms with E-state index in [9.17, 15) is 4.79 Å². The molecule has 7 nitrogen and oxygen atoms in total. The van der Waals surface area contributed by atoms with Gasteiger partial charge in [0, 0.05) is 38.4 Å². The van der Waals surface area contributed by atoms with Crippen LogP contribution in [-0.4, -0.2) is 39.9 Å². The topological polar surface area (TPSA) is 75.1 Å². The molecular weight excluding hydrogens is 364 g/mol. The van der Waals surface area contributed by atoms with Gasteiger partial charge in [0.2, 0.25) is 0 Å². The summed E-state index contributed by atoms with van der Waals surface area (Å²) in [5.74, 6) is 2.10. The average molecular weight is 391 g/mol. The molecule has 0 bridgehead atoms. The van der Waals surface area contributed by atoms with Crippen LogP contribution in [0.4, 0.5) is 16.4 Å². The summed E-state index contributed by atoms with van der Waals surface area (Å²) in [4.78, 5) is 18.8. The van der Waals surface area contributed by atoms with Gasteiger partial charge in [-0.3, -0.25) is 10.00 Å². The average Bonchev–Trinajstić information content (AvgIpc) is 3.20. The van der Waals surface area contributed by atoms with Gasteiger partial charge in [-0.15, -0.1) is 0 Å². The number of anilines is 2. The van der Waals surface area contributed by atoms with Crippen molar-refractivity contribution in [1.82, 2.24) is 20.1 Å². The minimum absolute atomic E-state index is 0.0525. The highest BCUT2D eigenvalue weighted by Gasteiger charge is 2.26. The molecule has 2 aromatic rings. The molecule has 2 amide bonds. The summed E-state index contributed by atoms with van der Waals surface area (Å²) in [5, 5.41) is 11.0. The molecule has 2 aromatic heterocycles. The number of rotatable bonds is 6. The van der Waals surface area contributed by atoms with Crippen LogP contribution in [0.1, 0.15) is 32.4 Å². The third kappa shape index (κ3) is 5.13. The first-order chi connectivity index (χ1) is 12.9. The largest absolute Gasteiger partial charge is 0.353 e. The van der Waals surface area contributed by atoms with E-state index in [1.54, 1.807) is 10.9 Å². The molecule has 0 saturated carbocycles. The quantitative estimate of drug-likeness (QED) is 0.792. The fourth-order valence-corrected chi connectivity index (χ4v) is 3.46. The number of halogens is 1. The van der Waals surface area contributed by atoms with E-state index in [4.69, 9.17) is 11.6 Å². The van der Waals surface area contributed by atoms with Gasteiger partial charge in [-0.25, -0.2) is 9.78 Å². The van der Waals surface area contributed by atoms with Crippen molar-refractivity contribution in [2.75, 3.05) is 23.3 Å². The minimum Gasteiger partial charge on any atom is -0.353 e. The number of carbonyl (C=O) groups is 1. The molecule has 1 aliphatic rings. The Morgan fingerprint density at radius 2 is 2.26 bits per heavy atom. The molecule has 27 heavy (non-hydrogen) atoms. The van der Waals surface area contributed by atoms with Crippen LogP contribution in [0.25, 0.3) is 0 Å². The number of aryl methyl sites for hydroxylation is 2. The van der Waals surface area contributed by atoms with Crippen LogP contribution in [0.15, 0.2) is 24.4 Å². The summed E-state index contributed by atoms with van der Waals surface area (Å²) in [6.45, 7) is 5.89. The summed E-state index contributed by atoms with van der Waals surface area (Å²) in [7, 11) is 1.84. The van der Waals surface area contributed by atoms with Crippen molar-refractivity contribution in [3.63, 3.8) is 0 Å². The van der Waals surface area contributed by atoms with E-state index in [2.05, 4.69) is 39.5 Å². The van der Waals surface area contributed by atoms with Crippen molar-refractivity contribution in [3.05, 3.63) is 35.1 Å². The van der Waals surface area contributed by atoms with Gasteiger partial charge in [-0.05, 0) is 37.3 Å². The maximum absolute atomic E-state index is 12.4. The lowest BCUT2D eigenvalue weighted by molar-refractivity contribution is 0.249. The van der Waals surface area contributed by atoms with E-state index >= 15 is 0 Å². The van der Waals surface area contributed by atoms with Gasteiger partial charge < -0.3 is 10.2 Å². The predicted octanol–water partition coefficient (Wildman–Crippen LogP) is 3.46. The predicted molar refractivity (Wildman–Crippen MR) is 108 cm³/mol. The Kier molecular flexibility index (Phi) is 6.21. The zero-order chi connectivity index (χ0) is 19.4. The van der Waals surface area contributed by atoms with Crippen LogP contribution < -0.4 is 15.5 Å². The first kappa shape index (κ1) is 19.5. The Bertz CT molecular complexity index is 790. The van der Waals surface area contributed by atoms with Gasteiger partial charge in [0.1, 0.15) is 11.6 Å². The van der Waals surface area contributed by atoms with E-state index in [1.807, 2.05) is 25.2 Å². The van der Waals surface area contributed by atoms with Gasteiger partial charge >= 0.3 is 6.03 Å². The minimum atomic E-state index is -0.215. The highest BCUT2D eigenvalue weighted by molar-refractivity contribution is 6.32. The first-order valence-corrected chi connectivity index (χ1v) is 9.76. The maximum Gasteiger partial charge on any atom is 0.320 e. The highest BCUT2D eigenvalue weighted by Crippen LogP contribution is 2.25. The van der Waals surface area contributed by atoms with Gasteiger partial charge in [-0.2, -0.15) is 5.10 Å². The Morgan fingerprint density at radius 1 is 1.44 bits per heavy atom. The Labute approximate surface area is 165 Å². The Balaban J connectivity index is 1.52. The van der Waals surface area contributed by atoms with E-state index in [-0.39, 0.29) is 12.1 Å². The van der Waals surface area contributed by atoms with Crippen molar-refractivity contribution < 1.29 is 4.79 Å². The standard InChI is InChI=1S/C19H27ClN6O/c1-13(2)6-7-14-11-17(25(3)24-14)23-19(27)22-15-8-10-26(12-15)18-16(20)5-4-9-21-18/h4-5,9,11,13,15H,6-8,10,12H2,1-3H3,(H2,22,23,27)/t15-/m0/s1. The number of pyridine rings is 1. The molecule has 0 unspecified atom stereocenters. The van der Waals surface area contributed by atoms with Crippen molar-refractivity contribution >= 4 is 29.3 Å². The smallest absolute Gasteiger partial charge is 0.320 e. The summed E-state index contributed by atoms with van der Waals surface area (Å²) >= 11 is 6.22. The number of nitrogens with zero attached hydrogens (tertiary/aromatic N) is 4. The molecule has 3 rings (SSSR count). The van der Waals surface area contributed by atoms with Crippen LogP contribution >= 0.6 is 11.6 Å². The number of hydrogen-bond donors (Lipinski definition) is 2. The van der Waals surface area contributed by atoms with Crippen molar-refractivity contribution in [1.29, 1.82) is 0 Å². The fraction of sp³-hybridized carbons (Fsp3) is 0.526. The molecule has 0 spiro atoms. The van der Waals surface area contributed by atoms with Gasteiger partial charge in [0.15, 0.2) is 0 Å². The fourth-order valence-electron chi connectivity index (χ4n) is 3.22. The first-order valence-electron chi connectivity index (χ1n) is 9.38. The lowest BCUT2D eigenvalue weighted by Crippen LogP contribution is -2.40. The van der Waals surface area contributed by atoms with Crippen LogP contribution in [0.2, 0.25) is 5.02 Å². The molecule has 3 heterocycles. The molecule has 0 aromatic carbocycles. The molecule has 146 valence electrons. The van der Waals surface area contributed by atoms with Crippen LogP contribution in [0, 0.1) is 5.92 Å². The molecule has 1 fully saturated rings. The number of amides is 2. The molecule has 1 atom stereocenters. The number of nitrogens with one attached hydrogen (secondary N) is 2. The molecule has 0 radical (unpaired) electrons. The number of urea groups is 1. The lowest BCUT2D eigenvalue weighted by atomic mass is 10.1. The van der Waals surface area contributed by atoms with E-state index in [0.29, 0.717) is 23.3 Å². The molecular formula is C19H27ClN6O. The van der Waals surface area contributed by atoms with Crippen molar-refractivity contribution in [2.45, 2.75) is 39.2 Å². The summed E-state index contributed by atoms with van der Waals surface area (Å²) in [5.41, 5.74) is 0.998. The summed E-state index contributed by atoms with van der Waals surface area (Å²) in [6.07, 6.45) is 4.58. The highest BCUT2D eigenvalue weighted by atomic mass is 35.5. The van der Waals surface area contributed by atoms with Crippen molar-refractivity contribution in [3.8, 4) is 0 Å². The van der Waals surface area contributed by atoms with Crippen LogP contribution in [0.3, 0.4) is 0 Å². The number of hydrogen-bond acceptors (Lipinski definition) is 4. The summed E-state index contributed by atoms with van der Waals surface area (Å²) in [6, 6.07) is 5.42. The van der Waals surface area contributed by atoms with Gasteiger partial charge in [-0.1, -0.05) is 25.4 Å². The SMILES string of the molecule is CC(C)CCc1cc(NC(=O)N[C@H]2CCN(c3ncccc3Cl)C2)n(C)n1. The second kappa shape index (κ2) is 8.61. The van der Waals surface area contributed by atoms with E-state index in [1.165, 1.54) is 0 Å². The zero-order valence-electron chi connectivity index (χ0n) is 16.1. The van der Waals surface area contributed by atoms with Gasteiger partial charge in [0.25, 0.3) is 0 Å². The molecule has 2 N–H and O–H groups in total. The summed E-state index contributed by atoms with van der Waals surface area (Å²) < 4.78 is 1.71. The second-order valence-electron chi connectivity index (χ2n) is 7.42. The van der Waals surface area contributed by atoms with E-state index < -0.39 is 0 Å². The van der Waals surface area contributed by atoms with Crippen LogP contribution in [0.5, 0.6) is 0 Å². The third-order valence-electron chi connectivity index (χ3n) is 4.71. The van der Waals surface area contributed by atoms with E-state index in [0.717, 1.165) is 37.3 Å². The molecule has 8 heteroatoms. The molecule has 1 saturated heterocycles.